The van der Waals surface area contributed by atoms with Crippen molar-refractivity contribution in [2.24, 2.45) is 0 Å². The summed E-state index contributed by atoms with van der Waals surface area (Å²) in [7, 11) is -5.85. The SMILES string of the molecule is O=[P-](O)O[P-](=O)O.[Ca+2]. The van der Waals surface area contributed by atoms with E-state index in [2.05, 4.69) is 4.31 Å². The summed E-state index contributed by atoms with van der Waals surface area (Å²) in [5.74, 6) is 0. The van der Waals surface area contributed by atoms with E-state index in [0.29, 0.717) is 0 Å². The van der Waals surface area contributed by atoms with E-state index < -0.39 is 16.5 Å². The van der Waals surface area contributed by atoms with E-state index in [9.17, 15) is 9.13 Å². The van der Waals surface area contributed by atoms with Crippen LogP contribution in [0.25, 0.3) is 0 Å². The summed E-state index contributed by atoms with van der Waals surface area (Å²) in [6.45, 7) is 0. The van der Waals surface area contributed by atoms with Crippen LogP contribution in [0.15, 0.2) is 0 Å². The van der Waals surface area contributed by atoms with Crippen LogP contribution in [0.3, 0.4) is 0 Å². The Kier molecular flexibility index (Phi) is 10.3. The fourth-order valence-electron chi connectivity index (χ4n) is 0.0598. The molecule has 0 radical (unpaired) electrons. The third-order valence-corrected chi connectivity index (χ3v) is 1.26. The zero-order valence-corrected chi connectivity index (χ0v) is 7.72. The van der Waals surface area contributed by atoms with Crippen LogP contribution in [-0.2, 0) is 13.4 Å². The van der Waals surface area contributed by atoms with Crippen LogP contribution in [0.5, 0.6) is 0 Å². The summed E-state index contributed by atoms with van der Waals surface area (Å²) in [4.78, 5) is 15.3. The normalized spacial score (nSPS) is 16.2. The molecule has 5 nitrogen and oxygen atoms in total. The van der Waals surface area contributed by atoms with Crippen molar-refractivity contribution in [1.29, 1.82) is 0 Å². The van der Waals surface area contributed by atoms with Crippen molar-refractivity contribution in [1.82, 2.24) is 0 Å². The average Bonchev–Trinajstić information content (AvgIpc) is 1.27. The molecule has 0 spiro atoms. The Hall–Kier alpha value is 1.60. The van der Waals surface area contributed by atoms with Gasteiger partial charge >= 0.3 is 37.7 Å². The van der Waals surface area contributed by atoms with Crippen molar-refractivity contribution in [3.8, 4) is 0 Å². The van der Waals surface area contributed by atoms with Crippen molar-refractivity contribution >= 4 is 54.2 Å². The van der Waals surface area contributed by atoms with Gasteiger partial charge in [0.1, 0.15) is 0 Å². The number of rotatable bonds is 2. The Labute approximate surface area is 76.9 Å². The van der Waals surface area contributed by atoms with Gasteiger partial charge in [0.15, 0.2) is 0 Å². The molecule has 44 valence electrons. The van der Waals surface area contributed by atoms with Gasteiger partial charge in [0.2, 0.25) is 0 Å². The quantitative estimate of drug-likeness (QED) is 0.463. The molecule has 2 unspecified atom stereocenters. The van der Waals surface area contributed by atoms with Gasteiger partial charge in [0.25, 0.3) is 0 Å². The first-order valence-electron chi connectivity index (χ1n) is 1.13. The molecule has 0 amide bonds. The number of hydrogen-bond donors (Lipinski definition) is 2. The molecule has 0 saturated heterocycles. The first kappa shape index (κ1) is 12.3. The number of hydrogen-bond acceptors (Lipinski definition) is 3. The Morgan fingerprint density at radius 2 is 1.38 bits per heavy atom. The molecule has 0 bridgehead atoms. The van der Waals surface area contributed by atoms with E-state index in [1.807, 2.05) is 0 Å². The molecule has 0 aromatic heterocycles. The molecule has 0 aromatic rings. The van der Waals surface area contributed by atoms with Gasteiger partial charge in [-0.1, -0.05) is 0 Å². The fourth-order valence-corrected chi connectivity index (χ4v) is 0.538. The zero-order chi connectivity index (χ0) is 5.86. The molecular formula is H2CaO5P2. The van der Waals surface area contributed by atoms with Gasteiger partial charge in [-0.05, 0) is 0 Å². The van der Waals surface area contributed by atoms with Crippen LogP contribution in [0, 0.1) is 0 Å². The molecule has 0 aliphatic rings. The maximum atomic E-state index is 9.39. The van der Waals surface area contributed by atoms with E-state index in [1.165, 1.54) is 0 Å². The Balaban J connectivity index is 0. The van der Waals surface area contributed by atoms with E-state index in [4.69, 9.17) is 9.79 Å². The van der Waals surface area contributed by atoms with Gasteiger partial charge in [-0.25, -0.2) is 0 Å². The fraction of sp³-hybridized carbons (Fsp3) is 0. The van der Waals surface area contributed by atoms with Gasteiger partial charge < -0.3 is 23.2 Å². The van der Waals surface area contributed by atoms with Crippen molar-refractivity contribution in [3.05, 3.63) is 0 Å². The van der Waals surface area contributed by atoms with E-state index >= 15 is 0 Å². The predicted molar refractivity (Wildman–Crippen MR) is 26.5 cm³/mol. The molecule has 0 saturated carbocycles. The first-order valence-corrected chi connectivity index (χ1v) is 3.39. The van der Waals surface area contributed by atoms with Gasteiger partial charge in [-0.3, -0.25) is 0 Å². The van der Waals surface area contributed by atoms with Gasteiger partial charge in [-0.2, -0.15) is 0 Å². The van der Waals surface area contributed by atoms with E-state index in [0.717, 1.165) is 0 Å². The average molecular weight is 184 g/mol. The molecule has 0 aliphatic heterocycles. The molecule has 2 atom stereocenters. The van der Waals surface area contributed by atoms with Crippen LogP contribution in [0.2, 0.25) is 0 Å². The molecule has 0 rings (SSSR count). The second kappa shape index (κ2) is 6.72. The molecule has 0 heterocycles. The third kappa shape index (κ3) is 10.6. The summed E-state index contributed by atoms with van der Waals surface area (Å²) in [5, 5.41) is 0. The second-order valence-corrected chi connectivity index (χ2v) is 2.16. The molecular weight excluding hydrogens is 182 g/mol. The summed E-state index contributed by atoms with van der Waals surface area (Å²) < 4.78 is 22.2. The molecule has 0 fully saturated rings. The standard InChI is InChI=1S/Ca.H2O5P2/c;1-6(2)5-7(3)4/h;(H,1,2)(H,3,4)/q+2;-2. The topological polar surface area (TPSA) is 83.8 Å². The van der Waals surface area contributed by atoms with Crippen LogP contribution in [0.1, 0.15) is 0 Å². The van der Waals surface area contributed by atoms with Crippen LogP contribution in [-0.4, -0.2) is 47.5 Å². The Bertz CT molecular complexity index is 86.6. The van der Waals surface area contributed by atoms with Crippen LogP contribution >= 0.6 is 16.5 Å². The van der Waals surface area contributed by atoms with Gasteiger partial charge in [-0.15, -0.1) is 0 Å². The minimum Gasteiger partial charge on any atom is -0.576 e. The van der Waals surface area contributed by atoms with Gasteiger partial charge in [0.05, 0.1) is 16.5 Å². The van der Waals surface area contributed by atoms with Crippen LogP contribution in [0.4, 0.5) is 0 Å². The van der Waals surface area contributed by atoms with Crippen molar-refractivity contribution < 1.29 is 23.2 Å². The van der Waals surface area contributed by atoms with E-state index in [-0.39, 0.29) is 37.7 Å². The zero-order valence-electron chi connectivity index (χ0n) is 3.72. The second-order valence-electron chi connectivity index (χ2n) is 0.557. The maximum Gasteiger partial charge on any atom is 2.00 e. The van der Waals surface area contributed by atoms with Crippen molar-refractivity contribution in [3.63, 3.8) is 0 Å². The van der Waals surface area contributed by atoms with Crippen molar-refractivity contribution in [2.45, 2.75) is 0 Å². The maximum absolute atomic E-state index is 9.39. The third-order valence-electron chi connectivity index (χ3n) is 0.140. The summed E-state index contributed by atoms with van der Waals surface area (Å²) in [5.41, 5.74) is 0. The molecule has 8 heteroatoms. The molecule has 8 heavy (non-hydrogen) atoms. The minimum atomic E-state index is -2.92. The van der Waals surface area contributed by atoms with Crippen molar-refractivity contribution in [2.75, 3.05) is 0 Å². The smallest absolute Gasteiger partial charge is 0.576 e. The van der Waals surface area contributed by atoms with E-state index in [1.54, 1.807) is 0 Å². The van der Waals surface area contributed by atoms with Crippen LogP contribution < -0.4 is 0 Å². The predicted octanol–water partition coefficient (Wildman–Crippen LogP) is -0.0784. The summed E-state index contributed by atoms with van der Waals surface area (Å²) in [6, 6.07) is 0. The molecule has 2 N–H and O–H groups in total. The Morgan fingerprint density at radius 3 is 1.38 bits per heavy atom. The monoisotopic (exact) mass is 184 g/mol. The summed E-state index contributed by atoms with van der Waals surface area (Å²) in [6.07, 6.45) is 0. The molecule has 0 aromatic carbocycles. The largest absolute Gasteiger partial charge is 2.00 e. The molecule has 0 aliphatic carbocycles. The first-order chi connectivity index (χ1) is 3.13. The van der Waals surface area contributed by atoms with Gasteiger partial charge in [0, 0.05) is 0 Å². The Morgan fingerprint density at radius 1 is 1.12 bits per heavy atom. The summed E-state index contributed by atoms with van der Waals surface area (Å²) >= 11 is 0. The minimum absolute atomic E-state index is 0.